The van der Waals surface area contributed by atoms with E-state index in [1.807, 2.05) is 24.3 Å². The highest BCUT2D eigenvalue weighted by atomic mass is 35.5. The van der Waals surface area contributed by atoms with Gasteiger partial charge in [-0.1, -0.05) is 23.7 Å². The van der Waals surface area contributed by atoms with Crippen molar-refractivity contribution in [3.8, 4) is 0 Å². The summed E-state index contributed by atoms with van der Waals surface area (Å²) in [6, 6.07) is 14.1. The van der Waals surface area contributed by atoms with Gasteiger partial charge in [0.25, 0.3) is 5.91 Å². The van der Waals surface area contributed by atoms with Gasteiger partial charge in [-0.25, -0.2) is 8.42 Å². The summed E-state index contributed by atoms with van der Waals surface area (Å²) in [5, 5.41) is 5.14. The topological polar surface area (TPSA) is 66.5 Å². The van der Waals surface area contributed by atoms with Crippen molar-refractivity contribution in [3.63, 3.8) is 0 Å². The molecule has 3 aromatic rings. The van der Waals surface area contributed by atoms with E-state index in [9.17, 15) is 13.2 Å². The van der Waals surface area contributed by atoms with Gasteiger partial charge in [0.2, 0.25) is 0 Å². The summed E-state index contributed by atoms with van der Waals surface area (Å²) < 4.78 is 23.8. The molecule has 0 radical (unpaired) electrons. The van der Waals surface area contributed by atoms with Crippen molar-refractivity contribution < 1.29 is 13.2 Å². The van der Waals surface area contributed by atoms with Crippen molar-refractivity contribution in [1.29, 1.82) is 0 Å². The Labute approximate surface area is 178 Å². The molecule has 2 aromatic carbocycles. The summed E-state index contributed by atoms with van der Waals surface area (Å²) in [4.78, 5) is 16.4. The molecule has 1 amide bonds. The molecule has 0 bridgehead atoms. The van der Waals surface area contributed by atoms with Gasteiger partial charge in [0, 0.05) is 29.8 Å². The molecule has 0 saturated carbocycles. The van der Waals surface area contributed by atoms with Crippen LogP contribution in [-0.2, 0) is 22.8 Å². The number of benzene rings is 2. The number of thiophene rings is 1. The number of nitrogens with zero attached hydrogens (tertiary/aromatic N) is 1. The molecule has 150 valence electrons. The number of halogens is 1. The monoisotopic (exact) mass is 446 g/mol. The zero-order valence-electron chi connectivity index (χ0n) is 15.7. The van der Waals surface area contributed by atoms with Gasteiger partial charge in [-0.15, -0.1) is 11.3 Å². The minimum absolute atomic E-state index is 0.0545. The van der Waals surface area contributed by atoms with Gasteiger partial charge in [-0.05, 0) is 53.8 Å². The van der Waals surface area contributed by atoms with Crippen LogP contribution < -0.4 is 10.2 Å². The molecule has 0 unspecified atom stereocenters. The van der Waals surface area contributed by atoms with E-state index < -0.39 is 9.84 Å². The van der Waals surface area contributed by atoms with E-state index in [2.05, 4.69) is 21.7 Å². The predicted molar refractivity (Wildman–Crippen MR) is 118 cm³/mol. The molecule has 2 heterocycles. The summed E-state index contributed by atoms with van der Waals surface area (Å²) in [5.41, 5.74) is 3.18. The Balaban J connectivity index is 1.61. The third kappa shape index (κ3) is 4.17. The van der Waals surface area contributed by atoms with E-state index in [-0.39, 0.29) is 21.4 Å². The number of hydrogen-bond acceptors (Lipinski definition) is 5. The summed E-state index contributed by atoms with van der Waals surface area (Å²) in [6.07, 6.45) is 2.05. The van der Waals surface area contributed by atoms with Gasteiger partial charge in [0.05, 0.1) is 21.3 Å². The highest BCUT2D eigenvalue weighted by molar-refractivity contribution is 7.90. The average Bonchev–Trinajstić information content (AvgIpc) is 3.15. The van der Waals surface area contributed by atoms with Crippen molar-refractivity contribution in [1.82, 2.24) is 0 Å². The highest BCUT2D eigenvalue weighted by Gasteiger charge is 2.21. The first-order chi connectivity index (χ1) is 13.8. The lowest BCUT2D eigenvalue weighted by atomic mass is 10.1. The van der Waals surface area contributed by atoms with Crippen LogP contribution in [0.4, 0.5) is 11.4 Å². The summed E-state index contributed by atoms with van der Waals surface area (Å²) >= 11 is 7.77. The molecular weight excluding hydrogens is 428 g/mol. The Kier molecular flexibility index (Phi) is 5.38. The molecule has 0 aliphatic carbocycles. The summed E-state index contributed by atoms with van der Waals surface area (Å²) in [7, 11) is -3.53. The molecule has 1 aliphatic rings. The van der Waals surface area contributed by atoms with Gasteiger partial charge in [0.1, 0.15) is 0 Å². The van der Waals surface area contributed by atoms with Gasteiger partial charge in [-0.2, -0.15) is 0 Å². The van der Waals surface area contributed by atoms with Gasteiger partial charge >= 0.3 is 0 Å². The number of rotatable bonds is 4. The Bertz CT molecular complexity index is 1190. The maximum atomic E-state index is 12.8. The smallest absolute Gasteiger partial charge is 0.255 e. The highest BCUT2D eigenvalue weighted by Crippen LogP contribution is 2.32. The van der Waals surface area contributed by atoms with Crippen LogP contribution in [0, 0.1) is 0 Å². The molecular formula is C21H19ClN2O3S2. The minimum Gasteiger partial charge on any atom is -0.365 e. The van der Waals surface area contributed by atoms with Crippen LogP contribution in [0.1, 0.15) is 20.8 Å². The molecule has 0 spiro atoms. The van der Waals surface area contributed by atoms with Crippen LogP contribution in [0.5, 0.6) is 0 Å². The molecule has 4 rings (SSSR count). The fraction of sp³-hybridized carbons (Fsp3) is 0.190. The van der Waals surface area contributed by atoms with Crippen molar-refractivity contribution in [2.24, 2.45) is 0 Å². The second kappa shape index (κ2) is 7.82. The Morgan fingerprint density at radius 3 is 2.76 bits per heavy atom. The number of fused-ring (bicyclic) bond motifs is 1. The van der Waals surface area contributed by atoms with Crippen LogP contribution in [0.3, 0.4) is 0 Å². The van der Waals surface area contributed by atoms with Crippen molar-refractivity contribution in [2.45, 2.75) is 17.9 Å². The maximum absolute atomic E-state index is 12.8. The number of sulfone groups is 1. The molecule has 1 N–H and O–H groups in total. The molecule has 1 aliphatic heterocycles. The maximum Gasteiger partial charge on any atom is 0.255 e. The molecule has 8 heteroatoms. The molecule has 29 heavy (non-hydrogen) atoms. The largest absolute Gasteiger partial charge is 0.365 e. The predicted octanol–water partition coefficient (Wildman–Crippen LogP) is 4.62. The molecule has 1 aromatic heterocycles. The quantitative estimate of drug-likeness (QED) is 0.635. The van der Waals surface area contributed by atoms with E-state index in [0.29, 0.717) is 5.69 Å². The average molecular weight is 447 g/mol. The molecule has 0 atom stereocenters. The number of hydrogen-bond donors (Lipinski definition) is 1. The Morgan fingerprint density at radius 1 is 1.17 bits per heavy atom. The van der Waals surface area contributed by atoms with E-state index >= 15 is 0 Å². The molecule has 0 saturated heterocycles. The van der Waals surface area contributed by atoms with E-state index in [4.69, 9.17) is 11.6 Å². The van der Waals surface area contributed by atoms with Gasteiger partial charge < -0.3 is 10.2 Å². The lowest BCUT2D eigenvalue weighted by Gasteiger charge is -2.30. The van der Waals surface area contributed by atoms with Crippen LogP contribution in [0.2, 0.25) is 5.02 Å². The minimum atomic E-state index is -3.53. The Hall–Kier alpha value is -2.35. The zero-order chi connectivity index (χ0) is 20.6. The van der Waals surface area contributed by atoms with E-state index in [1.54, 1.807) is 11.3 Å². The van der Waals surface area contributed by atoms with Gasteiger partial charge in [0.15, 0.2) is 9.84 Å². The first-order valence-electron chi connectivity index (χ1n) is 9.03. The van der Waals surface area contributed by atoms with Crippen LogP contribution in [0.25, 0.3) is 0 Å². The molecule has 0 fully saturated rings. The molecule has 5 nitrogen and oxygen atoms in total. The second-order valence-electron chi connectivity index (χ2n) is 6.93. The van der Waals surface area contributed by atoms with Crippen LogP contribution >= 0.6 is 22.9 Å². The lowest BCUT2D eigenvalue weighted by molar-refractivity contribution is 0.102. The number of para-hydroxylation sites is 2. The normalized spacial score (nSPS) is 13.8. The fourth-order valence-electron chi connectivity index (χ4n) is 3.43. The fourth-order valence-corrected chi connectivity index (χ4v) is 5.62. The number of nitrogens with one attached hydrogen (secondary N) is 1. The number of carbonyl (C=O) groups excluding carboxylic acids is 1. The lowest BCUT2D eigenvalue weighted by Crippen LogP contribution is -2.30. The SMILES string of the molecule is CS(=O)(=O)c1cc(C(=O)Nc2ccccc2N2CCc3sccc3C2)ccc1Cl. The van der Waals surface area contributed by atoms with Crippen LogP contribution in [-0.4, -0.2) is 27.1 Å². The second-order valence-corrected chi connectivity index (χ2v) is 10.3. The standard InChI is InChI=1S/C21H19ClN2O3S2/c1-29(26,27)20-12-14(6-7-16(20)22)21(25)23-17-4-2-3-5-18(17)24-10-8-19-15(13-24)9-11-28-19/h2-7,9,11-12H,8,10,13H2,1H3,(H,23,25). The first kappa shape index (κ1) is 19.9. The Morgan fingerprint density at radius 2 is 1.97 bits per heavy atom. The van der Waals surface area contributed by atoms with Gasteiger partial charge in [-0.3, -0.25) is 4.79 Å². The van der Waals surface area contributed by atoms with E-state index in [0.717, 1.165) is 31.5 Å². The van der Waals surface area contributed by atoms with Crippen molar-refractivity contribution in [3.05, 3.63) is 74.9 Å². The number of carbonyl (C=O) groups is 1. The van der Waals surface area contributed by atoms with Crippen molar-refractivity contribution >= 4 is 50.1 Å². The summed E-state index contributed by atoms with van der Waals surface area (Å²) in [6.45, 7) is 1.67. The number of amides is 1. The summed E-state index contributed by atoms with van der Waals surface area (Å²) in [5.74, 6) is -0.382. The van der Waals surface area contributed by atoms with Crippen LogP contribution in [0.15, 0.2) is 58.8 Å². The zero-order valence-corrected chi connectivity index (χ0v) is 18.1. The third-order valence-electron chi connectivity index (χ3n) is 4.89. The van der Waals surface area contributed by atoms with Crippen molar-refractivity contribution in [2.75, 3.05) is 23.0 Å². The third-order valence-corrected chi connectivity index (χ3v) is 7.49. The van der Waals surface area contributed by atoms with E-state index in [1.165, 1.54) is 28.6 Å². The first-order valence-corrected chi connectivity index (χ1v) is 12.2. The number of anilines is 2.